The summed E-state index contributed by atoms with van der Waals surface area (Å²) < 4.78 is 12.8. The molecule has 0 aromatic heterocycles. The van der Waals surface area contributed by atoms with Gasteiger partial charge < -0.3 is 0 Å². The van der Waals surface area contributed by atoms with E-state index in [9.17, 15) is 4.39 Å². The predicted molar refractivity (Wildman–Crippen MR) is 37.1 cm³/mol. The van der Waals surface area contributed by atoms with Crippen molar-refractivity contribution >= 4 is 0 Å². The van der Waals surface area contributed by atoms with Crippen LogP contribution in [0.3, 0.4) is 0 Å². The lowest BCUT2D eigenvalue weighted by molar-refractivity contribution is 0.244. The maximum absolute atomic E-state index is 12.8. The van der Waals surface area contributed by atoms with E-state index in [2.05, 4.69) is 6.92 Å². The molecule has 0 saturated heterocycles. The summed E-state index contributed by atoms with van der Waals surface area (Å²) in [6, 6.07) is 0. The Hall–Kier alpha value is -0.0700. The summed E-state index contributed by atoms with van der Waals surface area (Å²) in [5.74, 6) is 0.995. The van der Waals surface area contributed by atoms with Gasteiger partial charge in [-0.05, 0) is 24.7 Å². The van der Waals surface area contributed by atoms with Gasteiger partial charge in [0.1, 0.15) is 6.17 Å². The highest BCUT2D eigenvalue weighted by molar-refractivity contribution is 4.80. The van der Waals surface area contributed by atoms with Gasteiger partial charge in [-0.2, -0.15) is 0 Å². The molecule has 0 aromatic carbocycles. The first-order valence-electron chi connectivity index (χ1n) is 3.89. The molecule has 0 heterocycles. The Bertz CT molecular complexity index is 90.6. The van der Waals surface area contributed by atoms with E-state index in [4.69, 9.17) is 0 Å². The second kappa shape index (κ2) is 2.68. The van der Waals surface area contributed by atoms with Crippen LogP contribution in [0.25, 0.3) is 0 Å². The molecule has 1 rings (SSSR count). The number of hydrogen-bond donors (Lipinski definition) is 0. The van der Waals surface area contributed by atoms with Gasteiger partial charge in [-0.15, -0.1) is 0 Å². The molecule has 1 aliphatic rings. The fourth-order valence-electron chi connectivity index (χ4n) is 1.77. The molecular formula is C8H15F. The summed E-state index contributed by atoms with van der Waals surface area (Å²) in [6.45, 7) is 4.19. The Balaban J connectivity index is 2.41. The third-order valence-electron chi connectivity index (χ3n) is 2.65. The Kier molecular flexibility index (Phi) is 2.09. The van der Waals surface area contributed by atoms with Gasteiger partial charge in [0.15, 0.2) is 0 Å². The van der Waals surface area contributed by atoms with E-state index in [0.29, 0.717) is 11.8 Å². The van der Waals surface area contributed by atoms with Crippen molar-refractivity contribution in [2.75, 3.05) is 0 Å². The molecule has 0 N–H and O–H groups in total. The SMILES string of the molecule is CC[C@H]1CC[C@@H](F)[C@@H]1C. The van der Waals surface area contributed by atoms with Crippen LogP contribution in [0.4, 0.5) is 4.39 Å². The van der Waals surface area contributed by atoms with Crippen LogP contribution < -0.4 is 0 Å². The van der Waals surface area contributed by atoms with E-state index >= 15 is 0 Å². The molecule has 0 unspecified atom stereocenters. The van der Waals surface area contributed by atoms with Crippen LogP contribution in [0, 0.1) is 11.8 Å². The van der Waals surface area contributed by atoms with Gasteiger partial charge >= 0.3 is 0 Å². The molecule has 1 heteroatoms. The first kappa shape index (κ1) is 7.04. The van der Waals surface area contributed by atoms with Crippen LogP contribution in [0.1, 0.15) is 33.1 Å². The van der Waals surface area contributed by atoms with Gasteiger partial charge in [-0.1, -0.05) is 20.3 Å². The number of halogens is 1. The first-order chi connectivity index (χ1) is 4.25. The summed E-state index contributed by atoms with van der Waals surface area (Å²) >= 11 is 0. The molecule has 0 aliphatic heterocycles. The summed E-state index contributed by atoms with van der Waals surface area (Å²) in [5.41, 5.74) is 0. The standard InChI is InChI=1S/C8H15F/c1-3-7-4-5-8(9)6(7)2/h6-8H,3-5H2,1-2H3/t6-,7+,8-/m1/s1. The van der Waals surface area contributed by atoms with Crippen molar-refractivity contribution in [1.29, 1.82) is 0 Å². The highest BCUT2D eigenvalue weighted by Crippen LogP contribution is 2.35. The highest BCUT2D eigenvalue weighted by atomic mass is 19.1. The molecule has 0 radical (unpaired) electrons. The van der Waals surface area contributed by atoms with Crippen LogP contribution in [-0.2, 0) is 0 Å². The molecule has 3 atom stereocenters. The average Bonchev–Trinajstić information content (AvgIpc) is 2.15. The van der Waals surface area contributed by atoms with E-state index < -0.39 is 6.17 Å². The van der Waals surface area contributed by atoms with Gasteiger partial charge in [0.2, 0.25) is 0 Å². The van der Waals surface area contributed by atoms with Crippen LogP contribution in [0.5, 0.6) is 0 Å². The third kappa shape index (κ3) is 1.25. The van der Waals surface area contributed by atoms with E-state index in [1.54, 1.807) is 0 Å². The molecule has 0 nitrogen and oxygen atoms in total. The molecular weight excluding hydrogens is 115 g/mol. The van der Waals surface area contributed by atoms with Gasteiger partial charge in [0.25, 0.3) is 0 Å². The molecule has 0 amide bonds. The minimum absolute atomic E-state index is 0.329. The minimum Gasteiger partial charge on any atom is -0.247 e. The quantitative estimate of drug-likeness (QED) is 0.512. The van der Waals surface area contributed by atoms with E-state index in [0.717, 1.165) is 19.3 Å². The Morgan fingerprint density at radius 1 is 1.44 bits per heavy atom. The van der Waals surface area contributed by atoms with Crippen molar-refractivity contribution in [3.8, 4) is 0 Å². The largest absolute Gasteiger partial charge is 0.247 e. The highest BCUT2D eigenvalue weighted by Gasteiger charge is 2.30. The molecule has 54 valence electrons. The van der Waals surface area contributed by atoms with E-state index in [1.807, 2.05) is 6.92 Å². The van der Waals surface area contributed by atoms with E-state index in [1.165, 1.54) is 0 Å². The molecule has 0 spiro atoms. The van der Waals surface area contributed by atoms with Crippen molar-refractivity contribution < 1.29 is 4.39 Å². The summed E-state index contributed by atoms with van der Waals surface area (Å²) in [7, 11) is 0. The molecule has 1 fully saturated rings. The fraction of sp³-hybridized carbons (Fsp3) is 1.00. The number of hydrogen-bond acceptors (Lipinski definition) is 0. The summed E-state index contributed by atoms with van der Waals surface area (Å²) in [4.78, 5) is 0. The smallest absolute Gasteiger partial charge is 0.103 e. The Morgan fingerprint density at radius 2 is 2.11 bits per heavy atom. The molecule has 1 aliphatic carbocycles. The maximum atomic E-state index is 12.8. The van der Waals surface area contributed by atoms with Gasteiger partial charge in [-0.3, -0.25) is 0 Å². The zero-order valence-electron chi connectivity index (χ0n) is 6.23. The fourth-order valence-corrected chi connectivity index (χ4v) is 1.77. The second-order valence-electron chi connectivity index (χ2n) is 3.12. The van der Waals surface area contributed by atoms with Gasteiger partial charge in [0, 0.05) is 0 Å². The monoisotopic (exact) mass is 130 g/mol. The number of alkyl halides is 1. The molecule has 9 heavy (non-hydrogen) atoms. The molecule has 0 aromatic rings. The lowest BCUT2D eigenvalue weighted by Gasteiger charge is -2.12. The minimum atomic E-state index is -0.505. The summed E-state index contributed by atoms with van der Waals surface area (Å²) in [5, 5.41) is 0. The normalized spacial score (nSPS) is 43.7. The van der Waals surface area contributed by atoms with Crippen LogP contribution in [-0.4, -0.2) is 6.17 Å². The van der Waals surface area contributed by atoms with Gasteiger partial charge in [0.05, 0.1) is 0 Å². The Morgan fingerprint density at radius 3 is 2.33 bits per heavy atom. The topological polar surface area (TPSA) is 0 Å². The first-order valence-corrected chi connectivity index (χ1v) is 3.89. The van der Waals surface area contributed by atoms with Crippen molar-refractivity contribution in [3.63, 3.8) is 0 Å². The zero-order chi connectivity index (χ0) is 6.85. The van der Waals surface area contributed by atoms with Crippen molar-refractivity contribution in [2.45, 2.75) is 39.3 Å². The maximum Gasteiger partial charge on any atom is 0.103 e. The van der Waals surface area contributed by atoms with Crippen molar-refractivity contribution in [3.05, 3.63) is 0 Å². The summed E-state index contributed by atoms with van der Waals surface area (Å²) in [6.07, 6.45) is 2.56. The van der Waals surface area contributed by atoms with Gasteiger partial charge in [-0.25, -0.2) is 4.39 Å². The zero-order valence-corrected chi connectivity index (χ0v) is 6.23. The van der Waals surface area contributed by atoms with Crippen LogP contribution in [0.15, 0.2) is 0 Å². The third-order valence-corrected chi connectivity index (χ3v) is 2.65. The Labute approximate surface area is 56.5 Å². The lowest BCUT2D eigenvalue weighted by Crippen LogP contribution is -2.10. The van der Waals surface area contributed by atoms with E-state index in [-0.39, 0.29) is 0 Å². The van der Waals surface area contributed by atoms with Crippen molar-refractivity contribution in [1.82, 2.24) is 0 Å². The van der Waals surface area contributed by atoms with Crippen LogP contribution in [0.2, 0.25) is 0 Å². The van der Waals surface area contributed by atoms with Crippen molar-refractivity contribution in [2.24, 2.45) is 11.8 Å². The molecule has 0 bridgehead atoms. The average molecular weight is 130 g/mol. The van der Waals surface area contributed by atoms with Crippen LogP contribution >= 0.6 is 0 Å². The molecule has 1 saturated carbocycles. The second-order valence-corrected chi connectivity index (χ2v) is 3.12. The number of rotatable bonds is 1. The lowest BCUT2D eigenvalue weighted by atomic mass is 9.95. The predicted octanol–water partition coefficient (Wildman–Crippen LogP) is 2.78.